The van der Waals surface area contributed by atoms with Crippen molar-refractivity contribution in [2.75, 3.05) is 13.1 Å². The van der Waals surface area contributed by atoms with E-state index in [9.17, 15) is 14.7 Å². The van der Waals surface area contributed by atoms with Crippen molar-refractivity contribution in [3.8, 4) is 0 Å². The van der Waals surface area contributed by atoms with E-state index in [4.69, 9.17) is 5.11 Å². The largest absolute Gasteiger partial charge is 0.480 e. The van der Waals surface area contributed by atoms with E-state index in [2.05, 4.69) is 4.98 Å². The molecule has 1 atom stereocenters. The Kier molecular flexibility index (Phi) is 4.79. The Morgan fingerprint density at radius 2 is 2.19 bits per heavy atom. The van der Waals surface area contributed by atoms with E-state index in [-0.39, 0.29) is 18.6 Å². The topological polar surface area (TPSA) is 94.0 Å². The van der Waals surface area contributed by atoms with Crippen molar-refractivity contribution < 1.29 is 19.8 Å². The Hall–Kier alpha value is -1.67. The van der Waals surface area contributed by atoms with Crippen molar-refractivity contribution in [2.45, 2.75) is 33.0 Å². The van der Waals surface area contributed by atoms with Gasteiger partial charge in [0.15, 0.2) is 0 Å². The summed E-state index contributed by atoms with van der Waals surface area (Å²) >= 11 is 1.34. The van der Waals surface area contributed by atoms with Crippen LogP contribution in [-0.4, -0.2) is 56.1 Å². The maximum atomic E-state index is 12.4. The predicted octanol–water partition coefficient (Wildman–Crippen LogP) is 0.982. The Morgan fingerprint density at radius 1 is 1.48 bits per heavy atom. The van der Waals surface area contributed by atoms with E-state index in [1.54, 1.807) is 24.1 Å². The molecule has 0 aromatic carbocycles. The molecule has 2 rings (SSSR count). The SMILES string of the molecule is CC(C)[C@@H](C(=O)O)N1CCN(Cc2csc(CO)n2)C1=O. The average molecular weight is 313 g/mol. The Bertz CT molecular complexity index is 531. The molecule has 1 aliphatic heterocycles. The summed E-state index contributed by atoms with van der Waals surface area (Å²) in [5, 5.41) is 20.7. The average Bonchev–Trinajstić information content (AvgIpc) is 3.00. The number of carbonyl (C=O) groups is 2. The van der Waals surface area contributed by atoms with Crippen molar-refractivity contribution in [1.82, 2.24) is 14.8 Å². The van der Waals surface area contributed by atoms with Crippen LogP contribution in [-0.2, 0) is 17.9 Å². The highest BCUT2D eigenvalue weighted by atomic mass is 32.1. The number of aliphatic carboxylic acids is 1. The summed E-state index contributed by atoms with van der Waals surface area (Å²) in [7, 11) is 0. The second-order valence-corrected chi connectivity index (χ2v) is 6.26. The number of urea groups is 1. The molecule has 7 nitrogen and oxygen atoms in total. The molecule has 2 N–H and O–H groups in total. The van der Waals surface area contributed by atoms with Gasteiger partial charge in [-0.3, -0.25) is 0 Å². The van der Waals surface area contributed by atoms with Crippen LogP contribution < -0.4 is 0 Å². The number of thiazole rings is 1. The fourth-order valence-corrected chi connectivity index (χ4v) is 3.12. The summed E-state index contributed by atoms with van der Waals surface area (Å²) < 4.78 is 0. The number of carboxylic acids is 1. The molecule has 1 aliphatic rings. The summed E-state index contributed by atoms with van der Waals surface area (Å²) in [4.78, 5) is 30.9. The molecular weight excluding hydrogens is 294 g/mol. The molecule has 2 heterocycles. The number of aliphatic hydroxyl groups excluding tert-OH is 1. The van der Waals surface area contributed by atoms with Gasteiger partial charge < -0.3 is 20.0 Å². The first-order valence-corrected chi connectivity index (χ1v) is 7.64. The first-order chi connectivity index (χ1) is 9.93. The van der Waals surface area contributed by atoms with Crippen molar-refractivity contribution >= 4 is 23.3 Å². The fraction of sp³-hybridized carbons (Fsp3) is 0.615. The zero-order valence-electron chi connectivity index (χ0n) is 12.0. The van der Waals surface area contributed by atoms with Gasteiger partial charge in [-0.25, -0.2) is 14.6 Å². The number of hydrogen-bond donors (Lipinski definition) is 2. The number of rotatable bonds is 6. The standard InChI is InChI=1S/C13H19N3O4S/c1-8(2)11(12(18)19)16-4-3-15(13(16)20)5-9-7-21-10(6-17)14-9/h7-8,11,17H,3-6H2,1-2H3,(H,18,19)/t11-/m0/s1. The predicted molar refractivity (Wildman–Crippen MR) is 76.8 cm³/mol. The van der Waals surface area contributed by atoms with Crippen molar-refractivity contribution in [3.05, 3.63) is 16.1 Å². The molecular formula is C13H19N3O4S. The molecule has 2 amide bonds. The Morgan fingerprint density at radius 3 is 2.71 bits per heavy atom. The van der Waals surface area contributed by atoms with E-state index in [1.807, 2.05) is 0 Å². The summed E-state index contributed by atoms with van der Waals surface area (Å²) in [6.07, 6.45) is 0. The molecule has 0 saturated carbocycles. The lowest BCUT2D eigenvalue weighted by atomic mass is 10.0. The van der Waals surface area contributed by atoms with Crippen LogP contribution in [0.15, 0.2) is 5.38 Å². The van der Waals surface area contributed by atoms with Crippen LogP contribution in [0.4, 0.5) is 4.79 Å². The molecule has 1 fully saturated rings. The van der Waals surface area contributed by atoms with Crippen molar-refractivity contribution in [3.63, 3.8) is 0 Å². The highest BCUT2D eigenvalue weighted by molar-refractivity contribution is 7.09. The van der Waals surface area contributed by atoms with E-state index in [0.717, 1.165) is 5.69 Å². The lowest BCUT2D eigenvalue weighted by Crippen LogP contribution is -2.46. The molecule has 0 aliphatic carbocycles. The highest BCUT2D eigenvalue weighted by Crippen LogP contribution is 2.21. The third-order valence-corrected chi connectivity index (χ3v) is 4.32. The Balaban J connectivity index is 2.05. The summed E-state index contributed by atoms with van der Waals surface area (Å²) in [5.41, 5.74) is 0.718. The zero-order chi connectivity index (χ0) is 15.6. The van der Waals surface area contributed by atoms with Gasteiger partial charge in [0, 0.05) is 18.5 Å². The van der Waals surface area contributed by atoms with E-state index < -0.39 is 12.0 Å². The maximum absolute atomic E-state index is 12.4. The van der Waals surface area contributed by atoms with Crippen LogP contribution in [0.2, 0.25) is 0 Å². The molecule has 0 bridgehead atoms. The zero-order valence-corrected chi connectivity index (χ0v) is 12.8. The summed E-state index contributed by atoms with van der Waals surface area (Å²) in [5.74, 6) is -1.12. The minimum absolute atomic E-state index is 0.112. The first kappa shape index (κ1) is 15.7. The van der Waals surface area contributed by atoms with Gasteiger partial charge in [-0.1, -0.05) is 13.8 Å². The fourth-order valence-electron chi connectivity index (χ4n) is 2.47. The van der Waals surface area contributed by atoms with Crippen LogP contribution in [0.1, 0.15) is 24.5 Å². The van der Waals surface area contributed by atoms with Crippen LogP contribution in [0.25, 0.3) is 0 Å². The third kappa shape index (κ3) is 3.33. The van der Waals surface area contributed by atoms with Gasteiger partial charge in [0.25, 0.3) is 0 Å². The van der Waals surface area contributed by atoms with Crippen LogP contribution in [0, 0.1) is 5.92 Å². The van der Waals surface area contributed by atoms with Gasteiger partial charge in [0.05, 0.1) is 18.8 Å². The van der Waals surface area contributed by atoms with E-state index >= 15 is 0 Å². The van der Waals surface area contributed by atoms with Crippen molar-refractivity contribution in [1.29, 1.82) is 0 Å². The lowest BCUT2D eigenvalue weighted by Gasteiger charge is -2.27. The normalized spacial score (nSPS) is 16.9. The molecule has 0 radical (unpaired) electrons. The first-order valence-electron chi connectivity index (χ1n) is 6.76. The summed E-state index contributed by atoms with van der Waals surface area (Å²) in [6, 6.07) is -1.07. The molecule has 1 aromatic heterocycles. The molecule has 21 heavy (non-hydrogen) atoms. The van der Waals surface area contributed by atoms with Crippen LogP contribution in [0.5, 0.6) is 0 Å². The quantitative estimate of drug-likeness (QED) is 0.816. The summed E-state index contributed by atoms with van der Waals surface area (Å²) in [6.45, 7) is 4.72. The number of nitrogens with zero attached hydrogens (tertiary/aromatic N) is 3. The minimum atomic E-state index is -0.976. The molecule has 116 valence electrons. The van der Waals surface area contributed by atoms with Gasteiger partial charge in [-0.05, 0) is 5.92 Å². The second kappa shape index (κ2) is 6.40. The van der Waals surface area contributed by atoms with E-state index in [0.29, 0.717) is 24.6 Å². The van der Waals surface area contributed by atoms with Gasteiger partial charge in [0.1, 0.15) is 11.0 Å². The monoisotopic (exact) mass is 313 g/mol. The molecule has 1 saturated heterocycles. The minimum Gasteiger partial charge on any atom is -0.480 e. The van der Waals surface area contributed by atoms with Crippen LogP contribution >= 0.6 is 11.3 Å². The number of carboxylic acid groups (broad SMARTS) is 1. The number of aromatic nitrogens is 1. The van der Waals surface area contributed by atoms with Gasteiger partial charge in [0.2, 0.25) is 0 Å². The Labute approximate surface area is 126 Å². The van der Waals surface area contributed by atoms with Crippen LogP contribution in [0.3, 0.4) is 0 Å². The molecule has 0 spiro atoms. The molecule has 1 aromatic rings. The van der Waals surface area contributed by atoms with Crippen molar-refractivity contribution in [2.24, 2.45) is 5.92 Å². The third-order valence-electron chi connectivity index (χ3n) is 3.43. The molecule has 8 heteroatoms. The maximum Gasteiger partial charge on any atom is 0.326 e. The number of aliphatic hydroxyl groups is 1. The lowest BCUT2D eigenvalue weighted by molar-refractivity contribution is -0.143. The second-order valence-electron chi connectivity index (χ2n) is 5.32. The van der Waals surface area contributed by atoms with Gasteiger partial charge >= 0.3 is 12.0 Å². The van der Waals surface area contributed by atoms with E-state index in [1.165, 1.54) is 16.2 Å². The van der Waals surface area contributed by atoms with Gasteiger partial charge in [-0.2, -0.15) is 0 Å². The number of carbonyl (C=O) groups excluding carboxylic acids is 1. The number of hydrogen-bond acceptors (Lipinski definition) is 5. The smallest absolute Gasteiger partial charge is 0.326 e. The highest BCUT2D eigenvalue weighted by Gasteiger charge is 2.38. The number of amides is 2. The van der Waals surface area contributed by atoms with Gasteiger partial charge in [-0.15, -0.1) is 11.3 Å². The molecule has 0 unspecified atom stereocenters.